The van der Waals surface area contributed by atoms with Crippen molar-refractivity contribution in [3.63, 3.8) is 0 Å². The van der Waals surface area contributed by atoms with Crippen molar-refractivity contribution in [1.82, 2.24) is 10.6 Å². The van der Waals surface area contributed by atoms with Gasteiger partial charge in [-0.3, -0.25) is 4.79 Å². The fraction of sp³-hybridized carbons (Fsp3) is 0.500. The molecule has 0 bridgehead atoms. The van der Waals surface area contributed by atoms with Gasteiger partial charge in [-0.15, -0.1) is 0 Å². The van der Waals surface area contributed by atoms with E-state index in [4.69, 9.17) is 16.3 Å². The van der Waals surface area contributed by atoms with Gasteiger partial charge in [0.15, 0.2) is 0 Å². The molecule has 0 saturated heterocycles. The highest BCUT2D eigenvalue weighted by Crippen LogP contribution is 2.25. The van der Waals surface area contributed by atoms with Crippen molar-refractivity contribution >= 4 is 17.5 Å². The van der Waals surface area contributed by atoms with Gasteiger partial charge in [-0.2, -0.15) is 0 Å². The molecule has 1 aromatic rings. The second kappa shape index (κ2) is 6.89. The average Bonchev–Trinajstić information content (AvgIpc) is 2.78. The molecule has 104 valence electrons. The molecule has 0 saturated carbocycles. The number of hydrogen-bond acceptors (Lipinski definition) is 3. The Hall–Kier alpha value is -1.10. The maximum absolute atomic E-state index is 11.6. The van der Waals surface area contributed by atoms with Crippen LogP contribution in [0.1, 0.15) is 11.1 Å². The van der Waals surface area contributed by atoms with Gasteiger partial charge in [-0.05, 0) is 36.1 Å². The Balaban J connectivity index is 1.73. The lowest BCUT2D eigenvalue weighted by atomic mass is 10.1. The van der Waals surface area contributed by atoms with Crippen molar-refractivity contribution in [2.24, 2.45) is 0 Å². The van der Waals surface area contributed by atoms with Gasteiger partial charge in [-0.25, -0.2) is 0 Å². The summed E-state index contributed by atoms with van der Waals surface area (Å²) in [5.41, 5.74) is 2.60. The topological polar surface area (TPSA) is 50.4 Å². The Morgan fingerprint density at radius 2 is 2.21 bits per heavy atom. The monoisotopic (exact) mass is 282 g/mol. The summed E-state index contributed by atoms with van der Waals surface area (Å²) in [6.07, 6.45) is 1.89. The van der Waals surface area contributed by atoms with E-state index < -0.39 is 0 Å². The first kappa shape index (κ1) is 14.3. The average molecular weight is 283 g/mol. The van der Waals surface area contributed by atoms with Gasteiger partial charge in [0.25, 0.3) is 0 Å². The molecule has 1 aromatic carbocycles. The van der Waals surface area contributed by atoms with E-state index in [9.17, 15) is 4.79 Å². The summed E-state index contributed by atoms with van der Waals surface area (Å²) in [4.78, 5) is 11.6. The number of amides is 1. The van der Waals surface area contributed by atoms with E-state index in [1.807, 2.05) is 12.1 Å². The Labute approximate surface area is 118 Å². The zero-order chi connectivity index (χ0) is 13.7. The van der Waals surface area contributed by atoms with Gasteiger partial charge in [0.1, 0.15) is 0 Å². The molecule has 2 rings (SSSR count). The van der Waals surface area contributed by atoms with Gasteiger partial charge in [0.05, 0.1) is 13.2 Å². The zero-order valence-electron chi connectivity index (χ0n) is 11.0. The van der Waals surface area contributed by atoms with Crippen molar-refractivity contribution in [3.8, 4) is 0 Å². The minimum Gasteiger partial charge on any atom is -0.383 e. The molecule has 1 aliphatic carbocycles. The molecule has 0 fully saturated rings. The molecule has 0 aliphatic heterocycles. The van der Waals surface area contributed by atoms with Crippen LogP contribution >= 0.6 is 11.6 Å². The number of benzene rings is 1. The number of ether oxygens (including phenoxy) is 1. The predicted octanol–water partition coefficient (Wildman–Crippen LogP) is 1.16. The third kappa shape index (κ3) is 4.20. The summed E-state index contributed by atoms with van der Waals surface area (Å²) in [7, 11) is 1.62. The van der Waals surface area contributed by atoms with Crippen LogP contribution in [0.5, 0.6) is 0 Å². The van der Waals surface area contributed by atoms with Crippen LogP contribution in [-0.2, 0) is 22.4 Å². The third-order valence-electron chi connectivity index (χ3n) is 3.28. The SMILES string of the molecule is COCCNC(=O)CNC1Cc2ccc(Cl)cc2C1. The number of fused-ring (bicyclic) bond motifs is 1. The number of rotatable bonds is 6. The summed E-state index contributed by atoms with van der Waals surface area (Å²) >= 11 is 5.97. The van der Waals surface area contributed by atoms with Crippen LogP contribution in [0.15, 0.2) is 18.2 Å². The normalized spacial score (nSPS) is 17.3. The lowest BCUT2D eigenvalue weighted by molar-refractivity contribution is -0.120. The maximum Gasteiger partial charge on any atom is 0.234 e. The van der Waals surface area contributed by atoms with Crippen LogP contribution in [0.4, 0.5) is 0 Å². The molecule has 0 heterocycles. The van der Waals surface area contributed by atoms with Crippen LogP contribution in [-0.4, -0.2) is 38.8 Å². The molecule has 0 spiro atoms. The summed E-state index contributed by atoms with van der Waals surface area (Å²) in [6.45, 7) is 1.44. The summed E-state index contributed by atoms with van der Waals surface area (Å²) in [6, 6.07) is 6.32. The van der Waals surface area contributed by atoms with Crippen molar-refractivity contribution in [3.05, 3.63) is 34.3 Å². The molecule has 2 N–H and O–H groups in total. The van der Waals surface area contributed by atoms with E-state index in [2.05, 4.69) is 16.7 Å². The molecule has 1 aliphatic rings. The second-order valence-electron chi connectivity index (χ2n) is 4.74. The second-order valence-corrected chi connectivity index (χ2v) is 5.18. The number of hydrogen-bond donors (Lipinski definition) is 2. The first-order chi connectivity index (χ1) is 9.19. The van der Waals surface area contributed by atoms with E-state index in [1.165, 1.54) is 11.1 Å². The van der Waals surface area contributed by atoms with E-state index >= 15 is 0 Å². The van der Waals surface area contributed by atoms with Crippen molar-refractivity contribution < 1.29 is 9.53 Å². The lowest BCUT2D eigenvalue weighted by Crippen LogP contribution is -2.40. The third-order valence-corrected chi connectivity index (χ3v) is 3.52. The number of carbonyl (C=O) groups excluding carboxylic acids is 1. The number of carbonyl (C=O) groups is 1. The molecule has 1 unspecified atom stereocenters. The van der Waals surface area contributed by atoms with Crippen LogP contribution in [0.25, 0.3) is 0 Å². The molecule has 0 radical (unpaired) electrons. The first-order valence-corrected chi connectivity index (χ1v) is 6.83. The minimum atomic E-state index is 0.00559. The highest BCUT2D eigenvalue weighted by molar-refractivity contribution is 6.30. The van der Waals surface area contributed by atoms with Crippen LogP contribution in [0, 0.1) is 0 Å². The molecular formula is C14H19ClN2O2. The van der Waals surface area contributed by atoms with Gasteiger partial charge >= 0.3 is 0 Å². The smallest absolute Gasteiger partial charge is 0.234 e. The zero-order valence-corrected chi connectivity index (χ0v) is 11.8. The van der Waals surface area contributed by atoms with E-state index in [1.54, 1.807) is 7.11 Å². The molecule has 4 nitrogen and oxygen atoms in total. The van der Waals surface area contributed by atoms with Crippen molar-refractivity contribution in [2.45, 2.75) is 18.9 Å². The molecule has 1 amide bonds. The number of methoxy groups -OCH3 is 1. The van der Waals surface area contributed by atoms with Crippen LogP contribution in [0.3, 0.4) is 0 Å². The minimum absolute atomic E-state index is 0.00559. The van der Waals surface area contributed by atoms with E-state index in [-0.39, 0.29) is 5.91 Å². The highest BCUT2D eigenvalue weighted by Gasteiger charge is 2.21. The van der Waals surface area contributed by atoms with Gasteiger partial charge < -0.3 is 15.4 Å². The Bertz CT molecular complexity index is 451. The number of halogens is 1. The maximum atomic E-state index is 11.6. The molecule has 19 heavy (non-hydrogen) atoms. The van der Waals surface area contributed by atoms with Crippen molar-refractivity contribution in [1.29, 1.82) is 0 Å². The van der Waals surface area contributed by atoms with E-state index in [0.29, 0.717) is 25.7 Å². The summed E-state index contributed by atoms with van der Waals surface area (Å²) in [5, 5.41) is 6.84. The van der Waals surface area contributed by atoms with Gasteiger partial charge in [0.2, 0.25) is 5.91 Å². The van der Waals surface area contributed by atoms with Crippen LogP contribution < -0.4 is 10.6 Å². The Kier molecular flexibility index (Phi) is 5.19. The lowest BCUT2D eigenvalue weighted by Gasteiger charge is -2.11. The molecule has 1 atom stereocenters. The Morgan fingerprint density at radius 1 is 1.42 bits per heavy atom. The highest BCUT2D eigenvalue weighted by atomic mass is 35.5. The largest absolute Gasteiger partial charge is 0.383 e. The Morgan fingerprint density at radius 3 is 3.00 bits per heavy atom. The fourth-order valence-electron chi connectivity index (χ4n) is 2.32. The van der Waals surface area contributed by atoms with Gasteiger partial charge in [0, 0.05) is 24.7 Å². The van der Waals surface area contributed by atoms with E-state index in [0.717, 1.165) is 17.9 Å². The first-order valence-electron chi connectivity index (χ1n) is 6.45. The molecular weight excluding hydrogens is 264 g/mol. The molecule has 5 heteroatoms. The van der Waals surface area contributed by atoms with Crippen molar-refractivity contribution in [2.75, 3.05) is 26.8 Å². The summed E-state index contributed by atoms with van der Waals surface area (Å²) < 4.78 is 4.88. The van der Waals surface area contributed by atoms with Gasteiger partial charge in [-0.1, -0.05) is 17.7 Å². The van der Waals surface area contributed by atoms with Crippen LogP contribution in [0.2, 0.25) is 5.02 Å². The summed E-state index contributed by atoms with van der Waals surface area (Å²) in [5.74, 6) is 0.00559. The predicted molar refractivity (Wildman–Crippen MR) is 75.5 cm³/mol. The number of nitrogens with one attached hydrogen (secondary N) is 2. The quantitative estimate of drug-likeness (QED) is 0.770. The fourth-order valence-corrected chi connectivity index (χ4v) is 2.52. The molecule has 0 aromatic heterocycles. The standard InChI is InChI=1S/C14H19ClN2O2/c1-19-5-4-16-14(18)9-17-13-7-10-2-3-12(15)6-11(10)8-13/h2-3,6,13,17H,4-5,7-9H2,1H3,(H,16,18).